The molecule has 0 fully saturated rings. The first-order chi connectivity index (χ1) is 19.0. The predicted octanol–water partition coefficient (Wildman–Crippen LogP) is 5.26. The Bertz CT molecular complexity index is 1530. The van der Waals surface area contributed by atoms with Crippen LogP contribution in [-0.4, -0.2) is 49.1 Å². The summed E-state index contributed by atoms with van der Waals surface area (Å²) in [5, 5.41) is 3.70. The van der Waals surface area contributed by atoms with Crippen molar-refractivity contribution < 1.29 is 23.8 Å². The van der Waals surface area contributed by atoms with E-state index in [4.69, 9.17) is 30.8 Å². The van der Waals surface area contributed by atoms with Crippen LogP contribution in [0.3, 0.4) is 0 Å². The third-order valence-electron chi connectivity index (χ3n) is 6.66. The van der Waals surface area contributed by atoms with E-state index in [0.29, 0.717) is 46.1 Å². The Morgan fingerprint density at radius 3 is 2.51 bits per heavy atom. The van der Waals surface area contributed by atoms with Crippen LogP contribution in [0.1, 0.15) is 27.2 Å². The molecule has 8 nitrogen and oxygen atoms in total. The molecule has 0 saturated heterocycles. The van der Waals surface area contributed by atoms with Gasteiger partial charge < -0.3 is 19.5 Å². The largest absolute Gasteiger partial charge is 0.495 e. The fourth-order valence-electron chi connectivity index (χ4n) is 4.80. The van der Waals surface area contributed by atoms with E-state index >= 15 is 0 Å². The van der Waals surface area contributed by atoms with Gasteiger partial charge in [-0.2, -0.15) is 0 Å². The van der Waals surface area contributed by atoms with Crippen LogP contribution in [0.5, 0.6) is 11.5 Å². The minimum absolute atomic E-state index is 0.306. The molecular formula is C30H28ClN3O5. The minimum atomic E-state index is -0.568. The van der Waals surface area contributed by atoms with Crippen molar-refractivity contribution in [2.45, 2.75) is 19.5 Å². The van der Waals surface area contributed by atoms with Crippen LogP contribution in [-0.2, 0) is 29.0 Å². The average molecular weight is 546 g/mol. The smallest absolute Gasteiger partial charge is 0.339 e. The quantitative estimate of drug-likeness (QED) is 0.302. The number of methoxy groups -OCH3 is 2. The molecule has 1 N–H and O–H groups in total. The molecule has 39 heavy (non-hydrogen) atoms. The van der Waals surface area contributed by atoms with E-state index < -0.39 is 18.5 Å². The molecule has 3 aromatic carbocycles. The first-order valence-electron chi connectivity index (χ1n) is 12.5. The maximum atomic E-state index is 13.5. The number of anilines is 1. The second-order valence-corrected chi connectivity index (χ2v) is 9.59. The maximum absolute atomic E-state index is 13.5. The molecule has 4 aromatic rings. The summed E-state index contributed by atoms with van der Waals surface area (Å²) < 4.78 is 16.1. The fraction of sp³-hybridized carbons (Fsp3) is 0.233. The van der Waals surface area contributed by atoms with Gasteiger partial charge in [0.1, 0.15) is 11.5 Å². The summed E-state index contributed by atoms with van der Waals surface area (Å²) in [7, 11) is 2.96. The molecule has 200 valence electrons. The number of benzene rings is 3. The van der Waals surface area contributed by atoms with Gasteiger partial charge in [0.25, 0.3) is 5.91 Å². The Balaban J connectivity index is 1.36. The first kappa shape index (κ1) is 26.5. The molecule has 2 heterocycles. The number of esters is 1. The third kappa shape index (κ3) is 5.82. The van der Waals surface area contributed by atoms with Crippen LogP contribution in [0.25, 0.3) is 10.9 Å². The van der Waals surface area contributed by atoms with Crippen molar-refractivity contribution in [1.29, 1.82) is 0 Å². The van der Waals surface area contributed by atoms with Crippen molar-refractivity contribution in [1.82, 2.24) is 9.88 Å². The standard InChI is InChI=1S/C30H28ClN3O5/c1-37-26-15-27(38-2)25(14-22(26)31)33-28(35)18-39-30(36)29-20-10-6-7-11-23(20)32-24-12-13-34(17-21(24)29)16-19-8-4-3-5-9-19/h3-11,14-15H,12-13,16-18H2,1-2H3,(H,33,35). The zero-order valence-corrected chi connectivity index (χ0v) is 22.5. The van der Waals surface area contributed by atoms with E-state index in [1.54, 1.807) is 6.07 Å². The lowest BCUT2D eigenvalue weighted by atomic mass is 9.95. The molecule has 1 amide bonds. The van der Waals surface area contributed by atoms with Gasteiger partial charge in [-0.1, -0.05) is 60.1 Å². The van der Waals surface area contributed by atoms with Gasteiger partial charge in [0, 0.05) is 48.8 Å². The number of fused-ring (bicyclic) bond motifs is 2. The summed E-state index contributed by atoms with van der Waals surface area (Å²) in [4.78, 5) is 33.4. The van der Waals surface area contributed by atoms with Crippen molar-refractivity contribution in [3.63, 3.8) is 0 Å². The summed E-state index contributed by atoms with van der Waals surface area (Å²) in [6.07, 6.45) is 0.714. The maximum Gasteiger partial charge on any atom is 0.339 e. The van der Waals surface area contributed by atoms with Crippen LogP contribution >= 0.6 is 11.6 Å². The van der Waals surface area contributed by atoms with Gasteiger partial charge in [-0.15, -0.1) is 0 Å². The van der Waals surface area contributed by atoms with Gasteiger partial charge in [-0.25, -0.2) is 4.79 Å². The van der Waals surface area contributed by atoms with Crippen LogP contribution in [0.2, 0.25) is 5.02 Å². The van der Waals surface area contributed by atoms with Crippen molar-refractivity contribution in [2.75, 3.05) is 32.7 Å². The topological polar surface area (TPSA) is 90.0 Å². The number of amides is 1. The summed E-state index contributed by atoms with van der Waals surface area (Å²) in [6.45, 7) is 1.66. The molecule has 0 saturated carbocycles. The molecule has 0 bridgehead atoms. The molecule has 1 aliphatic rings. The van der Waals surface area contributed by atoms with Crippen LogP contribution in [0.15, 0.2) is 66.7 Å². The monoisotopic (exact) mass is 545 g/mol. The predicted molar refractivity (Wildman–Crippen MR) is 149 cm³/mol. The Morgan fingerprint density at radius 1 is 1.00 bits per heavy atom. The van der Waals surface area contributed by atoms with Crippen LogP contribution in [0, 0.1) is 0 Å². The second kappa shape index (κ2) is 11.7. The number of rotatable bonds is 8. The highest BCUT2D eigenvalue weighted by Crippen LogP contribution is 2.36. The number of carbonyl (C=O) groups is 2. The number of para-hydroxylation sites is 1. The number of nitrogens with one attached hydrogen (secondary N) is 1. The highest BCUT2D eigenvalue weighted by atomic mass is 35.5. The van der Waals surface area contributed by atoms with Gasteiger partial charge in [0.2, 0.25) is 0 Å². The van der Waals surface area contributed by atoms with Crippen LogP contribution < -0.4 is 14.8 Å². The SMILES string of the molecule is COc1cc(OC)c(NC(=O)COC(=O)c2c3c(nc4ccccc24)CCN(Cc2ccccc2)C3)cc1Cl. The zero-order chi connectivity index (χ0) is 27.4. The average Bonchev–Trinajstić information content (AvgIpc) is 2.95. The first-order valence-corrected chi connectivity index (χ1v) is 12.9. The van der Waals surface area contributed by atoms with Gasteiger partial charge >= 0.3 is 5.97 Å². The van der Waals surface area contributed by atoms with Gasteiger partial charge in [0.05, 0.1) is 36.0 Å². The summed E-state index contributed by atoms with van der Waals surface area (Å²) in [5.41, 5.74) is 4.43. The van der Waals surface area contributed by atoms with E-state index in [9.17, 15) is 9.59 Å². The number of nitrogens with zero attached hydrogens (tertiary/aromatic N) is 2. The number of hydrogen-bond acceptors (Lipinski definition) is 7. The highest BCUT2D eigenvalue weighted by Gasteiger charge is 2.27. The third-order valence-corrected chi connectivity index (χ3v) is 6.96. The van der Waals surface area contributed by atoms with Crippen molar-refractivity contribution in [3.8, 4) is 11.5 Å². The summed E-state index contributed by atoms with van der Waals surface area (Å²) in [5.74, 6) is -0.320. The van der Waals surface area contributed by atoms with E-state index in [0.717, 1.165) is 29.9 Å². The molecular weight excluding hydrogens is 518 g/mol. The molecule has 9 heteroatoms. The van der Waals surface area contributed by atoms with E-state index in [-0.39, 0.29) is 0 Å². The van der Waals surface area contributed by atoms with Crippen molar-refractivity contribution in [2.24, 2.45) is 0 Å². The van der Waals surface area contributed by atoms with Gasteiger partial charge in [-0.05, 0) is 17.7 Å². The molecule has 1 aromatic heterocycles. The lowest BCUT2D eigenvalue weighted by Gasteiger charge is -2.30. The highest BCUT2D eigenvalue weighted by molar-refractivity contribution is 6.32. The minimum Gasteiger partial charge on any atom is -0.495 e. The lowest BCUT2D eigenvalue weighted by Crippen LogP contribution is -2.32. The lowest BCUT2D eigenvalue weighted by molar-refractivity contribution is -0.119. The van der Waals surface area contributed by atoms with Gasteiger partial charge in [-0.3, -0.25) is 14.7 Å². The van der Waals surface area contributed by atoms with Gasteiger partial charge in [0.15, 0.2) is 6.61 Å². The molecule has 0 radical (unpaired) electrons. The number of ether oxygens (including phenoxy) is 3. The second-order valence-electron chi connectivity index (χ2n) is 9.19. The molecule has 5 rings (SSSR count). The molecule has 0 unspecified atom stereocenters. The van der Waals surface area contributed by atoms with Crippen molar-refractivity contribution >= 4 is 40.1 Å². The van der Waals surface area contributed by atoms with E-state index in [1.165, 1.54) is 25.8 Å². The number of aromatic nitrogens is 1. The Labute approximate surface area is 231 Å². The number of hydrogen-bond donors (Lipinski definition) is 1. The molecule has 0 atom stereocenters. The number of halogens is 1. The fourth-order valence-corrected chi connectivity index (χ4v) is 5.04. The Hall–Kier alpha value is -4.14. The molecule has 0 aliphatic carbocycles. The van der Waals surface area contributed by atoms with E-state index in [1.807, 2.05) is 42.5 Å². The van der Waals surface area contributed by atoms with Crippen molar-refractivity contribution in [3.05, 3.63) is 94.1 Å². The Morgan fingerprint density at radius 2 is 1.74 bits per heavy atom. The summed E-state index contributed by atoms with van der Waals surface area (Å²) in [6, 6.07) is 20.8. The van der Waals surface area contributed by atoms with E-state index in [2.05, 4.69) is 22.3 Å². The molecule has 0 spiro atoms. The Kier molecular flexibility index (Phi) is 7.95. The number of carbonyl (C=O) groups excluding carboxylic acids is 2. The summed E-state index contributed by atoms with van der Waals surface area (Å²) >= 11 is 6.21. The zero-order valence-electron chi connectivity index (χ0n) is 21.7. The normalized spacial score (nSPS) is 13.0. The van der Waals surface area contributed by atoms with Crippen LogP contribution in [0.4, 0.5) is 5.69 Å². The number of pyridine rings is 1. The molecule has 1 aliphatic heterocycles.